The number of carbonyl (C=O) groups is 2. The summed E-state index contributed by atoms with van der Waals surface area (Å²) in [6, 6.07) is 3.90. The number of hydrogen-bond donors (Lipinski definition) is 1. The van der Waals surface area contributed by atoms with Crippen molar-refractivity contribution in [3.05, 3.63) is 35.4 Å². The summed E-state index contributed by atoms with van der Waals surface area (Å²) >= 11 is 0. The van der Waals surface area contributed by atoms with Gasteiger partial charge in [-0.25, -0.2) is 4.79 Å². The Bertz CT molecular complexity index is 543. The van der Waals surface area contributed by atoms with Crippen LogP contribution in [-0.2, 0) is 10.9 Å². The summed E-state index contributed by atoms with van der Waals surface area (Å²) < 4.78 is 42.1. The van der Waals surface area contributed by atoms with Gasteiger partial charge in [0.1, 0.15) is 6.10 Å². The fraction of sp³-hybridized carbons (Fsp3) is 0.385. The molecule has 1 aliphatic heterocycles. The topological polar surface area (TPSA) is 58.6 Å². The lowest BCUT2D eigenvalue weighted by molar-refractivity contribution is -0.137. The molecule has 8 heteroatoms. The number of hydrogen-bond acceptors (Lipinski definition) is 3. The Hall–Kier alpha value is -2.25. The zero-order valence-electron chi connectivity index (χ0n) is 11.1. The number of alkyl halides is 3. The third kappa shape index (κ3) is 3.65. The van der Waals surface area contributed by atoms with Crippen LogP contribution in [0.3, 0.4) is 0 Å². The molecule has 1 N–H and O–H groups in total. The van der Waals surface area contributed by atoms with E-state index in [1.807, 2.05) is 0 Å². The maximum atomic E-state index is 12.4. The molecule has 0 saturated carbocycles. The Morgan fingerprint density at radius 2 is 2.00 bits per heavy atom. The molecule has 2 rings (SSSR count). The van der Waals surface area contributed by atoms with Crippen molar-refractivity contribution in [3.8, 4) is 0 Å². The molecule has 0 aliphatic carbocycles. The predicted molar refractivity (Wildman–Crippen MR) is 66.7 cm³/mol. The number of benzene rings is 1. The van der Waals surface area contributed by atoms with E-state index >= 15 is 0 Å². The van der Waals surface area contributed by atoms with Gasteiger partial charge in [-0.3, -0.25) is 4.79 Å². The van der Waals surface area contributed by atoms with Crippen LogP contribution in [0.5, 0.6) is 0 Å². The van der Waals surface area contributed by atoms with Gasteiger partial charge in [-0.05, 0) is 24.3 Å². The molecule has 2 amide bonds. The van der Waals surface area contributed by atoms with E-state index in [0.29, 0.717) is 6.54 Å². The summed E-state index contributed by atoms with van der Waals surface area (Å²) in [5, 5.41) is 2.52. The summed E-state index contributed by atoms with van der Waals surface area (Å²) in [6.07, 6.45) is -5.36. The van der Waals surface area contributed by atoms with Crippen LogP contribution in [0.4, 0.5) is 18.0 Å². The first-order valence-corrected chi connectivity index (χ1v) is 6.14. The van der Waals surface area contributed by atoms with E-state index in [-0.39, 0.29) is 12.1 Å². The molecular formula is C13H13F3N2O3. The number of nitrogens with one attached hydrogen (secondary N) is 1. The zero-order chi connectivity index (χ0) is 15.6. The van der Waals surface area contributed by atoms with Gasteiger partial charge in [-0.15, -0.1) is 0 Å². The van der Waals surface area contributed by atoms with Gasteiger partial charge in [0, 0.05) is 12.6 Å². The van der Waals surface area contributed by atoms with E-state index in [2.05, 4.69) is 5.32 Å². The first-order chi connectivity index (χ1) is 9.77. The van der Waals surface area contributed by atoms with Gasteiger partial charge in [-0.2, -0.15) is 13.2 Å². The molecule has 0 aromatic heterocycles. The quantitative estimate of drug-likeness (QED) is 0.927. The van der Waals surface area contributed by atoms with Crippen LogP contribution in [0.1, 0.15) is 15.9 Å². The van der Waals surface area contributed by atoms with E-state index in [9.17, 15) is 22.8 Å². The summed E-state index contributed by atoms with van der Waals surface area (Å²) in [7, 11) is 1.57. The second kappa shape index (κ2) is 5.63. The molecule has 114 valence electrons. The Morgan fingerprint density at radius 1 is 1.38 bits per heavy atom. The van der Waals surface area contributed by atoms with E-state index in [4.69, 9.17) is 4.74 Å². The van der Waals surface area contributed by atoms with Crippen LogP contribution >= 0.6 is 0 Å². The number of cyclic esters (lactones) is 1. The molecule has 1 aliphatic rings. The van der Waals surface area contributed by atoms with Crippen molar-refractivity contribution < 1.29 is 27.5 Å². The number of ether oxygens (including phenoxy) is 1. The van der Waals surface area contributed by atoms with Gasteiger partial charge in [-0.1, -0.05) is 0 Å². The number of amides is 2. The van der Waals surface area contributed by atoms with Gasteiger partial charge in [0.2, 0.25) is 0 Å². The Balaban J connectivity index is 1.90. The fourth-order valence-corrected chi connectivity index (χ4v) is 1.88. The molecule has 21 heavy (non-hydrogen) atoms. The molecule has 1 fully saturated rings. The minimum absolute atomic E-state index is 0.107. The molecular weight excluding hydrogens is 289 g/mol. The van der Waals surface area contributed by atoms with Crippen molar-refractivity contribution in [1.29, 1.82) is 0 Å². The predicted octanol–water partition coefficient (Wildman–Crippen LogP) is 1.89. The molecule has 1 unspecified atom stereocenters. The smallest absolute Gasteiger partial charge is 0.416 e. The van der Waals surface area contributed by atoms with Crippen LogP contribution in [0.2, 0.25) is 0 Å². The average Bonchev–Trinajstić information content (AvgIpc) is 2.74. The lowest BCUT2D eigenvalue weighted by Gasteiger charge is -2.11. The molecule has 1 heterocycles. The summed E-state index contributed by atoms with van der Waals surface area (Å²) in [5.74, 6) is -0.519. The number of halogens is 3. The number of rotatable bonds is 3. The highest BCUT2D eigenvalue weighted by Crippen LogP contribution is 2.29. The van der Waals surface area contributed by atoms with Crippen molar-refractivity contribution in [2.45, 2.75) is 12.3 Å². The highest BCUT2D eigenvalue weighted by atomic mass is 19.4. The van der Waals surface area contributed by atoms with E-state index < -0.39 is 29.8 Å². The SMILES string of the molecule is CN1CC(CNC(=O)c2ccc(C(F)(F)F)cc2)OC1=O. The molecule has 1 atom stereocenters. The number of nitrogens with zero attached hydrogens (tertiary/aromatic N) is 1. The van der Waals surface area contributed by atoms with E-state index in [1.54, 1.807) is 7.05 Å². The minimum Gasteiger partial charge on any atom is -0.442 e. The molecule has 1 saturated heterocycles. The summed E-state index contributed by atoms with van der Waals surface area (Å²) in [6.45, 7) is 0.460. The fourth-order valence-electron chi connectivity index (χ4n) is 1.88. The third-order valence-electron chi connectivity index (χ3n) is 3.02. The molecule has 0 bridgehead atoms. The van der Waals surface area contributed by atoms with Crippen LogP contribution < -0.4 is 5.32 Å². The van der Waals surface area contributed by atoms with Crippen LogP contribution in [0, 0.1) is 0 Å². The first-order valence-electron chi connectivity index (χ1n) is 6.14. The van der Waals surface area contributed by atoms with Crippen molar-refractivity contribution in [1.82, 2.24) is 10.2 Å². The minimum atomic E-state index is -4.43. The standard InChI is InChI=1S/C13H13F3N2O3/c1-18-7-10(21-12(18)20)6-17-11(19)8-2-4-9(5-3-8)13(14,15)16/h2-5,10H,6-7H2,1H3,(H,17,19). The maximum absolute atomic E-state index is 12.4. The third-order valence-corrected chi connectivity index (χ3v) is 3.02. The lowest BCUT2D eigenvalue weighted by atomic mass is 10.1. The second-order valence-corrected chi connectivity index (χ2v) is 4.67. The second-order valence-electron chi connectivity index (χ2n) is 4.67. The molecule has 0 radical (unpaired) electrons. The largest absolute Gasteiger partial charge is 0.442 e. The van der Waals surface area contributed by atoms with Crippen LogP contribution in [0.25, 0.3) is 0 Å². The molecule has 1 aromatic carbocycles. The Labute approximate surface area is 118 Å². The normalized spacial score (nSPS) is 18.6. The van der Waals surface area contributed by atoms with Gasteiger partial charge in [0.25, 0.3) is 5.91 Å². The van der Waals surface area contributed by atoms with Crippen molar-refractivity contribution >= 4 is 12.0 Å². The molecule has 1 aromatic rings. The average molecular weight is 302 g/mol. The molecule has 5 nitrogen and oxygen atoms in total. The van der Waals surface area contributed by atoms with E-state index in [1.165, 1.54) is 4.90 Å². The lowest BCUT2D eigenvalue weighted by Crippen LogP contribution is -2.34. The van der Waals surface area contributed by atoms with Gasteiger partial charge in [0.15, 0.2) is 0 Å². The van der Waals surface area contributed by atoms with Crippen LogP contribution in [0.15, 0.2) is 24.3 Å². The Morgan fingerprint density at radius 3 is 2.48 bits per heavy atom. The zero-order valence-corrected chi connectivity index (χ0v) is 11.1. The van der Waals surface area contributed by atoms with Gasteiger partial charge in [0.05, 0.1) is 18.7 Å². The highest BCUT2D eigenvalue weighted by molar-refractivity contribution is 5.94. The maximum Gasteiger partial charge on any atom is 0.416 e. The number of carbonyl (C=O) groups excluding carboxylic acids is 2. The van der Waals surface area contributed by atoms with Crippen LogP contribution in [-0.4, -0.2) is 43.1 Å². The first kappa shape index (κ1) is 15.1. The van der Waals surface area contributed by atoms with Gasteiger partial charge >= 0.3 is 12.3 Å². The Kier molecular flexibility index (Phi) is 4.06. The monoisotopic (exact) mass is 302 g/mol. The van der Waals surface area contributed by atoms with Crippen molar-refractivity contribution in [2.75, 3.05) is 20.1 Å². The highest BCUT2D eigenvalue weighted by Gasteiger charge is 2.30. The van der Waals surface area contributed by atoms with Crippen molar-refractivity contribution in [3.63, 3.8) is 0 Å². The van der Waals surface area contributed by atoms with Gasteiger partial charge < -0.3 is 15.0 Å². The van der Waals surface area contributed by atoms with E-state index in [0.717, 1.165) is 24.3 Å². The number of likely N-dealkylation sites (N-methyl/N-ethyl adjacent to an activating group) is 1. The summed E-state index contributed by atoms with van der Waals surface area (Å²) in [5.41, 5.74) is -0.703. The summed E-state index contributed by atoms with van der Waals surface area (Å²) in [4.78, 5) is 24.3. The molecule has 0 spiro atoms. The van der Waals surface area contributed by atoms with Crippen molar-refractivity contribution in [2.24, 2.45) is 0 Å².